The molecule has 0 aliphatic carbocycles. The number of hydrogen-bond acceptors (Lipinski definition) is 6. The van der Waals surface area contributed by atoms with Gasteiger partial charge in [-0.3, -0.25) is 14.4 Å². The SMILES string of the molecule is Cc1nn(C)cc1CN1CCO[C@H](CN(C)c2nccn(C)c2=O)C1. The summed E-state index contributed by atoms with van der Waals surface area (Å²) in [4.78, 5) is 20.7. The second-order valence-corrected chi connectivity index (χ2v) is 6.69. The Balaban J connectivity index is 1.62. The van der Waals surface area contributed by atoms with Crippen LogP contribution in [0.2, 0.25) is 0 Å². The van der Waals surface area contributed by atoms with Gasteiger partial charge in [0.15, 0.2) is 5.82 Å². The highest BCUT2D eigenvalue weighted by atomic mass is 16.5. The van der Waals surface area contributed by atoms with Gasteiger partial charge in [0.1, 0.15) is 0 Å². The van der Waals surface area contributed by atoms with Crippen molar-refractivity contribution in [2.75, 3.05) is 38.2 Å². The van der Waals surface area contributed by atoms with E-state index < -0.39 is 0 Å². The van der Waals surface area contributed by atoms with Crippen LogP contribution in [0.5, 0.6) is 0 Å². The van der Waals surface area contributed by atoms with Crippen LogP contribution in [0.15, 0.2) is 23.4 Å². The first-order valence-electron chi connectivity index (χ1n) is 8.50. The molecule has 1 aliphatic heterocycles. The molecular weight excluding hydrogens is 320 g/mol. The maximum Gasteiger partial charge on any atom is 0.293 e. The van der Waals surface area contributed by atoms with Gasteiger partial charge in [-0.05, 0) is 6.92 Å². The molecule has 0 aromatic carbocycles. The van der Waals surface area contributed by atoms with Crippen molar-refractivity contribution in [3.05, 3.63) is 40.2 Å². The van der Waals surface area contributed by atoms with Gasteiger partial charge in [-0.1, -0.05) is 0 Å². The zero-order chi connectivity index (χ0) is 18.0. The van der Waals surface area contributed by atoms with Gasteiger partial charge in [0.05, 0.1) is 18.4 Å². The summed E-state index contributed by atoms with van der Waals surface area (Å²) in [7, 11) is 5.56. The second kappa shape index (κ2) is 7.37. The highest BCUT2D eigenvalue weighted by Gasteiger charge is 2.24. The van der Waals surface area contributed by atoms with Crippen molar-refractivity contribution in [1.29, 1.82) is 0 Å². The highest BCUT2D eigenvalue weighted by Crippen LogP contribution is 2.14. The fourth-order valence-corrected chi connectivity index (χ4v) is 3.22. The minimum Gasteiger partial charge on any atom is -0.374 e. The van der Waals surface area contributed by atoms with Crippen molar-refractivity contribution >= 4 is 5.82 Å². The molecule has 3 heterocycles. The molecule has 0 amide bonds. The maximum atomic E-state index is 12.2. The lowest BCUT2D eigenvalue weighted by molar-refractivity contribution is -0.0265. The summed E-state index contributed by atoms with van der Waals surface area (Å²) in [5, 5.41) is 4.41. The number of aryl methyl sites for hydroxylation is 3. The van der Waals surface area contributed by atoms with Crippen LogP contribution in [-0.2, 0) is 25.4 Å². The van der Waals surface area contributed by atoms with E-state index in [4.69, 9.17) is 4.74 Å². The van der Waals surface area contributed by atoms with Crippen LogP contribution in [0.1, 0.15) is 11.3 Å². The molecular formula is C17H26N6O2. The molecule has 1 atom stereocenters. The van der Waals surface area contributed by atoms with E-state index in [-0.39, 0.29) is 11.7 Å². The first-order valence-corrected chi connectivity index (χ1v) is 8.50. The molecule has 0 saturated carbocycles. The Morgan fingerprint density at radius 3 is 2.92 bits per heavy atom. The van der Waals surface area contributed by atoms with Crippen LogP contribution in [-0.4, -0.2) is 63.6 Å². The molecule has 0 N–H and O–H groups in total. The molecule has 2 aromatic rings. The van der Waals surface area contributed by atoms with Crippen LogP contribution < -0.4 is 10.5 Å². The lowest BCUT2D eigenvalue weighted by Crippen LogP contribution is -2.47. The van der Waals surface area contributed by atoms with Crippen LogP contribution in [0, 0.1) is 6.92 Å². The van der Waals surface area contributed by atoms with Crippen LogP contribution in [0.4, 0.5) is 5.82 Å². The highest BCUT2D eigenvalue weighted by molar-refractivity contribution is 5.34. The number of aromatic nitrogens is 4. The van der Waals surface area contributed by atoms with Gasteiger partial charge < -0.3 is 14.2 Å². The van der Waals surface area contributed by atoms with E-state index in [1.54, 1.807) is 19.4 Å². The zero-order valence-corrected chi connectivity index (χ0v) is 15.3. The summed E-state index contributed by atoms with van der Waals surface area (Å²) in [5.41, 5.74) is 2.22. The first-order chi connectivity index (χ1) is 11.9. The maximum absolute atomic E-state index is 12.2. The number of likely N-dealkylation sites (N-methyl/N-ethyl adjacent to an activating group) is 1. The van der Waals surface area contributed by atoms with Crippen molar-refractivity contribution in [3.8, 4) is 0 Å². The first kappa shape index (κ1) is 17.6. The molecule has 136 valence electrons. The van der Waals surface area contributed by atoms with E-state index in [2.05, 4.69) is 21.2 Å². The molecule has 1 saturated heterocycles. The summed E-state index contributed by atoms with van der Waals surface area (Å²) < 4.78 is 9.30. The number of rotatable bonds is 5. The molecule has 1 aliphatic rings. The summed E-state index contributed by atoms with van der Waals surface area (Å²) >= 11 is 0. The average Bonchev–Trinajstić information content (AvgIpc) is 2.87. The second-order valence-electron chi connectivity index (χ2n) is 6.69. The Labute approximate surface area is 147 Å². The molecule has 0 unspecified atom stereocenters. The Bertz CT molecular complexity index is 784. The van der Waals surface area contributed by atoms with Gasteiger partial charge in [0.25, 0.3) is 5.56 Å². The molecule has 1 fully saturated rings. The van der Waals surface area contributed by atoms with Crippen molar-refractivity contribution in [2.24, 2.45) is 14.1 Å². The summed E-state index contributed by atoms with van der Waals surface area (Å²) in [6.45, 7) is 5.96. The molecule has 0 spiro atoms. The Morgan fingerprint density at radius 1 is 1.40 bits per heavy atom. The van der Waals surface area contributed by atoms with E-state index in [0.29, 0.717) is 19.0 Å². The molecule has 3 rings (SSSR count). The molecule has 2 aromatic heterocycles. The predicted molar refractivity (Wildman–Crippen MR) is 95.7 cm³/mol. The van der Waals surface area contributed by atoms with Gasteiger partial charge in [0.2, 0.25) is 0 Å². The van der Waals surface area contributed by atoms with Gasteiger partial charge in [-0.25, -0.2) is 4.98 Å². The Morgan fingerprint density at radius 2 is 2.20 bits per heavy atom. The third-order valence-electron chi connectivity index (χ3n) is 4.57. The number of ether oxygens (including phenoxy) is 1. The molecule has 25 heavy (non-hydrogen) atoms. The van der Waals surface area contributed by atoms with Crippen molar-refractivity contribution < 1.29 is 4.74 Å². The number of hydrogen-bond donors (Lipinski definition) is 0. The van der Waals surface area contributed by atoms with E-state index >= 15 is 0 Å². The lowest BCUT2D eigenvalue weighted by Gasteiger charge is -2.34. The summed E-state index contributed by atoms with van der Waals surface area (Å²) in [6.07, 6.45) is 5.42. The van der Waals surface area contributed by atoms with Crippen molar-refractivity contribution in [3.63, 3.8) is 0 Å². The standard InChI is InChI=1S/C17H26N6O2/c1-13-14(9-22(4)19-13)10-23-7-8-25-15(12-23)11-21(3)16-17(24)20(2)6-5-18-16/h5-6,9,15H,7-8,10-12H2,1-4H3/t15-/m1/s1. The summed E-state index contributed by atoms with van der Waals surface area (Å²) in [6, 6.07) is 0. The smallest absolute Gasteiger partial charge is 0.293 e. The fourth-order valence-electron chi connectivity index (χ4n) is 3.22. The van der Waals surface area contributed by atoms with E-state index in [1.165, 1.54) is 10.1 Å². The molecule has 0 radical (unpaired) electrons. The van der Waals surface area contributed by atoms with Crippen molar-refractivity contribution in [2.45, 2.75) is 19.6 Å². The third kappa shape index (κ3) is 4.08. The minimum atomic E-state index is -0.0938. The van der Waals surface area contributed by atoms with Crippen molar-refractivity contribution in [1.82, 2.24) is 24.2 Å². The molecule has 8 nitrogen and oxygen atoms in total. The monoisotopic (exact) mass is 346 g/mol. The van der Waals surface area contributed by atoms with Crippen LogP contribution in [0.25, 0.3) is 0 Å². The van der Waals surface area contributed by atoms with E-state index in [1.807, 2.05) is 30.6 Å². The van der Waals surface area contributed by atoms with E-state index in [0.717, 1.165) is 25.3 Å². The van der Waals surface area contributed by atoms with Gasteiger partial charge in [-0.2, -0.15) is 5.10 Å². The topological polar surface area (TPSA) is 68.4 Å². The average molecular weight is 346 g/mol. The number of nitrogens with zero attached hydrogens (tertiary/aromatic N) is 6. The number of anilines is 1. The summed E-state index contributed by atoms with van der Waals surface area (Å²) in [5.74, 6) is 0.453. The third-order valence-corrected chi connectivity index (χ3v) is 4.57. The predicted octanol–water partition coefficient (Wildman–Crippen LogP) is 0.159. The largest absolute Gasteiger partial charge is 0.374 e. The fraction of sp³-hybridized carbons (Fsp3) is 0.588. The normalized spacial score (nSPS) is 18.5. The van der Waals surface area contributed by atoms with Crippen LogP contribution >= 0.6 is 0 Å². The zero-order valence-electron chi connectivity index (χ0n) is 15.3. The Kier molecular flexibility index (Phi) is 5.19. The number of morpholine rings is 1. The molecule has 8 heteroatoms. The lowest BCUT2D eigenvalue weighted by atomic mass is 10.2. The molecule has 0 bridgehead atoms. The minimum absolute atomic E-state index is 0.0439. The quantitative estimate of drug-likeness (QED) is 0.768. The van der Waals surface area contributed by atoms with Gasteiger partial charge in [0, 0.05) is 71.5 Å². The Hall–Kier alpha value is -2.19. The van der Waals surface area contributed by atoms with Gasteiger partial charge in [-0.15, -0.1) is 0 Å². The van der Waals surface area contributed by atoms with Gasteiger partial charge >= 0.3 is 0 Å². The van der Waals surface area contributed by atoms with E-state index in [9.17, 15) is 4.79 Å². The van der Waals surface area contributed by atoms with Crippen LogP contribution in [0.3, 0.4) is 0 Å².